The largest absolute Gasteiger partial charge is 0.300 e. The van der Waals surface area contributed by atoms with Crippen LogP contribution in [0.3, 0.4) is 0 Å². The van der Waals surface area contributed by atoms with Gasteiger partial charge in [0.25, 0.3) is 0 Å². The van der Waals surface area contributed by atoms with Gasteiger partial charge in [-0.25, -0.2) is 4.98 Å². The third-order valence-corrected chi connectivity index (χ3v) is 8.03. The molecule has 5 aromatic carbocycles. The molecule has 2 N–H and O–H groups in total. The lowest BCUT2D eigenvalue weighted by Crippen LogP contribution is -2.14. The first kappa shape index (κ1) is 23.1. The number of hydrogen-bond acceptors (Lipinski definition) is 4. The number of nitrogens with one attached hydrogen (secondary N) is 2. The lowest BCUT2D eigenvalue weighted by Gasteiger charge is -2.16. The summed E-state index contributed by atoms with van der Waals surface area (Å²) in [5.41, 5.74) is 11.1. The zero-order chi connectivity index (χ0) is 26.2. The van der Waals surface area contributed by atoms with Gasteiger partial charge in [0.05, 0.1) is 32.7 Å². The van der Waals surface area contributed by atoms with E-state index < -0.39 is 0 Å². The Morgan fingerprint density at radius 3 is 2.08 bits per heavy atom. The van der Waals surface area contributed by atoms with Crippen molar-refractivity contribution in [1.82, 2.24) is 9.66 Å². The van der Waals surface area contributed by atoms with Gasteiger partial charge in [-0.1, -0.05) is 109 Å². The Bertz CT molecular complexity index is 1990. The van der Waals surface area contributed by atoms with Crippen LogP contribution in [0.4, 0.5) is 0 Å². The second-order valence-corrected chi connectivity index (χ2v) is 10.4. The summed E-state index contributed by atoms with van der Waals surface area (Å²) in [6.07, 6.45) is 1.91. The molecule has 0 spiro atoms. The standard InChI is InChI=1S/C34H24N4S/c35-28(23-12-4-1-5-13-23)22-30(24-14-6-2-7-15-24)37-38-31-19-11-10-18-26(31)27-20-21-29-33(32(27)38)39-34(36-29)25-16-8-3-9-17-25/h1-22,35,37H/b30-22-,35-28?. The Hall–Kier alpha value is -5.00. The first-order valence-electron chi connectivity index (χ1n) is 12.8. The molecule has 7 rings (SSSR count). The Labute approximate surface area is 230 Å². The molecule has 0 amide bonds. The van der Waals surface area contributed by atoms with E-state index in [0.717, 1.165) is 48.6 Å². The van der Waals surface area contributed by atoms with Crippen LogP contribution in [0.1, 0.15) is 11.1 Å². The first-order valence-corrected chi connectivity index (χ1v) is 13.6. The molecular formula is C34H24N4S. The van der Waals surface area contributed by atoms with Gasteiger partial charge in [-0.2, -0.15) is 0 Å². The first-order chi connectivity index (χ1) is 19.3. The molecule has 2 heterocycles. The van der Waals surface area contributed by atoms with Crippen molar-refractivity contribution in [2.75, 3.05) is 5.43 Å². The van der Waals surface area contributed by atoms with Gasteiger partial charge in [-0.05, 0) is 35.4 Å². The third-order valence-electron chi connectivity index (χ3n) is 6.90. The van der Waals surface area contributed by atoms with Crippen molar-refractivity contribution in [2.45, 2.75) is 0 Å². The fraction of sp³-hybridized carbons (Fsp3) is 0. The number of aromatic nitrogens is 2. The van der Waals surface area contributed by atoms with Gasteiger partial charge in [0.2, 0.25) is 0 Å². The number of para-hydroxylation sites is 1. The van der Waals surface area contributed by atoms with Crippen LogP contribution in [0.25, 0.3) is 48.3 Å². The molecule has 4 nitrogen and oxygen atoms in total. The Kier molecular flexibility index (Phi) is 5.76. The molecule has 2 aromatic heterocycles. The van der Waals surface area contributed by atoms with E-state index in [1.165, 1.54) is 10.8 Å². The summed E-state index contributed by atoms with van der Waals surface area (Å²) in [7, 11) is 0. The average Bonchev–Trinajstić information content (AvgIpc) is 3.58. The lowest BCUT2D eigenvalue weighted by molar-refractivity contribution is 1.07. The maximum Gasteiger partial charge on any atom is 0.124 e. The predicted molar refractivity (Wildman–Crippen MR) is 165 cm³/mol. The summed E-state index contributed by atoms with van der Waals surface area (Å²) in [6, 6.07) is 43.1. The fourth-order valence-corrected chi connectivity index (χ4v) is 6.13. The summed E-state index contributed by atoms with van der Waals surface area (Å²) in [5, 5.41) is 12.2. The molecule has 0 unspecified atom stereocenters. The summed E-state index contributed by atoms with van der Waals surface area (Å²) >= 11 is 1.71. The number of thiazole rings is 1. The molecular weight excluding hydrogens is 496 g/mol. The van der Waals surface area contributed by atoms with Crippen molar-refractivity contribution < 1.29 is 0 Å². The Morgan fingerprint density at radius 2 is 1.33 bits per heavy atom. The van der Waals surface area contributed by atoms with Crippen LogP contribution in [0, 0.1) is 5.41 Å². The molecule has 5 heteroatoms. The molecule has 0 saturated carbocycles. The van der Waals surface area contributed by atoms with Crippen LogP contribution >= 0.6 is 11.3 Å². The Balaban J connectivity index is 1.46. The van der Waals surface area contributed by atoms with E-state index in [0.29, 0.717) is 5.71 Å². The van der Waals surface area contributed by atoms with Crippen molar-refractivity contribution in [3.63, 3.8) is 0 Å². The summed E-state index contributed by atoms with van der Waals surface area (Å²) < 4.78 is 3.29. The van der Waals surface area contributed by atoms with E-state index in [2.05, 4.69) is 70.8 Å². The summed E-state index contributed by atoms with van der Waals surface area (Å²) in [4.78, 5) is 5.00. The monoisotopic (exact) mass is 520 g/mol. The topological polar surface area (TPSA) is 53.7 Å². The second-order valence-electron chi connectivity index (χ2n) is 9.36. The van der Waals surface area contributed by atoms with Gasteiger partial charge >= 0.3 is 0 Å². The van der Waals surface area contributed by atoms with Gasteiger partial charge < -0.3 is 5.41 Å². The van der Waals surface area contributed by atoms with Crippen LogP contribution in [-0.4, -0.2) is 15.4 Å². The molecule has 186 valence electrons. The van der Waals surface area contributed by atoms with Gasteiger partial charge in [0.15, 0.2) is 0 Å². The van der Waals surface area contributed by atoms with E-state index in [1.807, 2.05) is 72.8 Å². The van der Waals surface area contributed by atoms with E-state index >= 15 is 0 Å². The number of benzene rings is 5. The van der Waals surface area contributed by atoms with E-state index in [4.69, 9.17) is 10.4 Å². The minimum absolute atomic E-state index is 0.442. The SMILES string of the molecule is N=C(/C=C(\Nn1c2ccccc2c2ccc3nc(-c4ccccc4)sc3c21)c1ccccc1)c1ccccc1. The second kappa shape index (κ2) is 9.71. The number of fused-ring (bicyclic) bond motifs is 5. The maximum absolute atomic E-state index is 8.86. The van der Waals surface area contributed by atoms with Crippen molar-refractivity contribution in [1.29, 1.82) is 5.41 Å². The molecule has 0 aliphatic carbocycles. The normalized spacial score (nSPS) is 11.8. The highest BCUT2D eigenvalue weighted by atomic mass is 32.1. The Morgan fingerprint density at radius 1 is 0.692 bits per heavy atom. The highest BCUT2D eigenvalue weighted by Gasteiger charge is 2.18. The van der Waals surface area contributed by atoms with Crippen LogP contribution in [-0.2, 0) is 0 Å². The van der Waals surface area contributed by atoms with E-state index in [1.54, 1.807) is 11.3 Å². The smallest absolute Gasteiger partial charge is 0.124 e. The molecule has 0 saturated heterocycles. The van der Waals surface area contributed by atoms with Crippen LogP contribution in [0.15, 0.2) is 133 Å². The van der Waals surface area contributed by atoms with Crippen LogP contribution in [0.5, 0.6) is 0 Å². The number of hydrogen-bond donors (Lipinski definition) is 2. The number of nitrogens with zero attached hydrogens (tertiary/aromatic N) is 2. The highest BCUT2D eigenvalue weighted by molar-refractivity contribution is 7.22. The minimum atomic E-state index is 0.442. The molecule has 0 radical (unpaired) electrons. The molecule has 0 aliphatic heterocycles. The van der Waals surface area contributed by atoms with E-state index in [-0.39, 0.29) is 0 Å². The van der Waals surface area contributed by atoms with Crippen LogP contribution < -0.4 is 5.43 Å². The van der Waals surface area contributed by atoms with Crippen molar-refractivity contribution >= 4 is 54.8 Å². The average molecular weight is 521 g/mol. The molecule has 0 bridgehead atoms. The van der Waals surface area contributed by atoms with Crippen LogP contribution in [0.2, 0.25) is 0 Å². The minimum Gasteiger partial charge on any atom is -0.300 e. The number of allylic oxidation sites excluding steroid dienone is 1. The van der Waals surface area contributed by atoms with Gasteiger partial charge in [-0.15, -0.1) is 11.3 Å². The predicted octanol–water partition coefficient (Wildman–Crippen LogP) is 8.72. The van der Waals surface area contributed by atoms with Crippen molar-refractivity contribution in [2.24, 2.45) is 0 Å². The highest BCUT2D eigenvalue weighted by Crippen LogP contribution is 2.39. The molecule has 0 fully saturated rings. The fourth-order valence-electron chi connectivity index (χ4n) is 5.02. The van der Waals surface area contributed by atoms with E-state index in [9.17, 15) is 0 Å². The maximum atomic E-state index is 8.86. The number of rotatable bonds is 6. The molecule has 0 atom stereocenters. The van der Waals surface area contributed by atoms with Gasteiger partial charge in [0.1, 0.15) is 5.01 Å². The quantitative estimate of drug-likeness (QED) is 0.215. The van der Waals surface area contributed by atoms with Crippen molar-refractivity contribution in [3.05, 3.63) is 145 Å². The van der Waals surface area contributed by atoms with Crippen molar-refractivity contribution in [3.8, 4) is 10.6 Å². The van der Waals surface area contributed by atoms with Gasteiger partial charge in [-0.3, -0.25) is 10.1 Å². The van der Waals surface area contributed by atoms with Gasteiger partial charge in [0, 0.05) is 16.3 Å². The summed E-state index contributed by atoms with van der Waals surface area (Å²) in [5.74, 6) is 0. The summed E-state index contributed by atoms with van der Waals surface area (Å²) in [6.45, 7) is 0. The third kappa shape index (κ3) is 4.19. The molecule has 7 aromatic rings. The zero-order valence-electron chi connectivity index (χ0n) is 21.0. The lowest BCUT2D eigenvalue weighted by atomic mass is 10.1. The zero-order valence-corrected chi connectivity index (χ0v) is 21.8. The molecule has 39 heavy (non-hydrogen) atoms. The molecule has 0 aliphatic rings.